The summed E-state index contributed by atoms with van der Waals surface area (Å²) in [6, 6.07) is 13.8. The molecule has 0 bridgehead atoms. The van der Waals surface area contributed by atoms with Gasteiger partial charge in [0.15, 0.2) is 0 Å². The van der Waals surface area contributed by atoms with Gasteiger partial charge in [0.2, 0.25) is 0 Å². The molecule has 8 heteroatoms. The molecule has 1 heterocycles. The van der Waals surface area contributed by atoms with Crippen molar-refractivity contribution >= 4 is 17.5 Å². The van der Waals surface area contributed by atoms with Crippen molar-refractivity contribution in [3.8, 4) is 5.75 Å². The van der Waals surface area contributed by atoms with Crippen molar-refractivity contribution < 1.29 is 24.2 Å². The van der Waals surface area contributed by atoms with E-state index in [1.165, 1.54) is 0 Å². The van der Waals surface area contributed by atoms with Gasteiger partial charge in [-0.05, 0) is 83.5 Å². The van der Waals surface area contributed by atoms with E-state index in [9.17, 15) is 14.7 Å². The molecule has 2 N–H and O–H groups in total. The molecule has 2 aromatic carbocycles. The Morgan fingerprint density at radius 3 is 2.62 bits per heavy atom. The molecule has 40 heavy (non-hydrogen) atoms. The number of carbonyl (C=O) groups excluding carboxylic acids is 2. The first-order valence-corrected chi connectivity index (χ1v) is 14.6. The summed E-state index contributed by atoms with van der Waals surface area (Å²) in [6.45, 7) is 10.8. The molecule has 1 aliphatic heterocycles. The molecule has 0 radical (unpaired) electrons. The van der Waals surface area contributed by atoms with E-state index >= 15 is 0 Å². The van der Waals surface area contributed by atoms with E-state index in [0.29, 0.717) is 35.7 Å². The van der Waals surface area contributed by atoms with Crippen molar-refractivity contribution in [3.63, 3.8) is 0 Å². The number of nitrogens with one attached hydrogen (secondary N) is 1. The summed E-state index contributed by atoms with van der Waals surface area (Å²) < 4.78 is 12.7. The Morgan fingerprint density at radius 1 is 1.18 bits per heavy atom. The molecule has 2 aromatic rings. The number of likely N-dealkylation sites (N-methyl/N-ethyl adjacent to an activating group) is 1. The maximum absolute atomic E-state index is 14.2. The Kier molecular flexibility index (Phi) is 12.4. The molecule has 1 aliphatic rings. The smallest absolute Gasteiger partial charge is 0.258 e. The van der Waals surface area contributed by atoms with Crippen LogP contribution in [0.25, 0.3) is 0 Å². The lowest BCUT2D eigenvalue weighted by atomic mass is 10.0. The van der Waals surface area contributed by atoms with E-state index in [1.54, 1.807) is 35.2 Å². The van der Waals surface area contributed by atoms with Gasteiger partial charge in [-0.2, -0.15) is 0 Å². The fourth-order valence-electron chi connectivity index (χ4n) is 5.04. The lowest BCUT2D eigenvalue weighted by Crippen LogP contribution is -2.47. The number of anilines is 1. The molecule has 0 saturated carbocycles. The number of fused-ring (bicyclic) bond motifs is 1. The van der Waals surface area contributed by atoms with Crippen molar-refractivity contribution in [1.82, 2.24) is 9.80 Å². The summed E-state index contributed by atoms with van der Waals surface area (Å²) >= 11 is 0. The second kappa shape index (κ2) is 15.7. The Bertz CT molecular complexity index is 1080. The number of rotatable bonds is 8. The van der Waals surface area contributed by atoms with Crippen molar-refractivity contribution in [2.75, 3.05) is 45.2 Å². The average molecular weight is 554 g/mol. The maximum Gasteiger partial charge on any atom is 0.258 e. The quantitative estimate of drug-likeness (QED) is 0.474. The SMILES string of the molecule is CCCN(C)C[C@@H]1OCCCC[C@H](C)Oc2ccc(NC(=O)c3ccccc3)cc2C(=O)N([C@H](C)CO)C[C@@H]1C. The number of ether oxygens (including phenoxy) is 2. The zero-order valence-electron chi connectivity index (χ0n) is 24.8. The maximum atomic E-state index is 14.2. The van der Waals surface area contributed by atoms with Crippen LogP contribution in [0.3, 0.4) is 0 Å². The minimum atomic E-state index is -0.412. The van der Waals surface area contributed by atoms with Crippen molar-refractivity contribution in [1.29, 1.82) is 0 Å². The van der Waals surface area contributed by atoms with Gasteiger partial charge in [-0.3, -0.25) is 9.59 Å². The van der Waals surface area contributed by atoms with Crippen molar-refractivity contribution in [3.05, 3.63) is 59.7 Å². The van der Waals surface area contributed by atoms with E-state index in [0.717, 1.165) is 38.8 Å². The van der Waals surface area contributed by atoms with Crippen molar-refractivity contribution in [2.24, 2.45) is 5.92 Å². The second-order valence-corrected chi connectivity index (χ2v) is 11.1. The molecule has 3 rings (SSSR count). The number of aliphatic hydroxyl groups excluding tert-OH is 1. The Hall–Kier alpha value is -2.94. The van der Waals surface area contributed by atoms with Crippen LogP contribution in [-0.2, 0) is 4.74 Å². The zero-order valence-corrected chi connectivity index (χ0v) is 24.8. The molecule has 0 spiro atoms. The summed E-state index contributed by atoms with van der Waals surface area (Å²) in [5, 5.41) is 13.0. The van der Waals surface area contributed by atoms with Gasteiger partial charge in [0, 0.05) is 36.9 Å². The van der Waals surface area contributed by atoms with Crippen LogP contribution in [0, 0.1) is 5.92 Å². The van der Waals surface area contributed by atoms with E-state index in [1.807, 2.05) is 32.0 Å². The summed E-state index contributed by atoms with van der Waals surface area (Å²) in [5.74, 6) is 0.00713. The predicted octanol–water partition coefficient (Wildman–Crippen LogP) is 5.08. The first-order chi connectivity index (χ1) is 19.2. The van der Waals surface area contributed by atoms with Crippen LogP contribution in [-0.4, -0.2) is 84.9 Å². The van der Waals surface area contributed by atoms with Gasteiger partial charge in [0.1, 0.15) is 5.75 Å². The summed E-state index contributed by atoms with van der Waals surface area (Å²) in [5.41, 5.74) is 1.40. The number of nitrogens with zero attached hydrogens (tertiary/aromatic N) is 2. The van der Waals surface area contributed by atoms with Crippen LogP contribution < -0.4 is 10.1 Å². The van der Waals surface area contributed by atoms with Gasteiger partial charge < -0.3 is 29.7 Å². The highest BCUT2D eigenvalue weighted by Gasteiger charge is 2.30. The second-order valence-electron chi connectivity index (χ2n) is 11.1. The number of benzene rings is 2. The first-order valence-electron chi connectivity index (χ1n) is 14.6. The molecule has 220 valence electrons. The molecule has 0 fully saturated rings. The van der Waals surface area contributed by atoms with Gasteiger partial charge in [-0.1, -0.05) is 32.0 Å². The number of hydrogen-bond donors (Lipinski definition) is 2. The Morgan fingerprint density at radius 2 is 1.93 bits per heavy atom. The molecule has 8 nitrogen and oxygen atoms in total. The molecule has 4 atom stereocenters. The number of hydrogen-bond acceptors (Lipinski definition) is 6. The summed E-state index contributed by atoms with van der Waals surface area (Å²) in [7, 11) is 2.10. The summed E-state index contributed by atoms with van der Waals surface area (Å²) in [4.78, 5) is 31.0. The van der Waals surface area contributed by atoms with Gasteiger partial charge in [0.05, 0.1) is 30.4 Å². The van der Waals surface area contributed by atoms with Crippen LogP contribution >= 0.6 is 0 Å². The number of amides is 2. The lowest BCUT2D eigenvalue weighted by molar-refractivity contribution is -0.0167. The number of aliphatic hydroxyl groups is 1. The standard InChI is InChI=1S/C32H47N3O5/c1-6-17-34(5)21-30-23(2)20-35(24(3)22-36)32(38)28-19-27(33-31(37)26-13-8-7-9-14-26)15-16-29(28)40-25(4)12-10-11-18-39-30/h7-9,13-16,19,23-25,30,36H,6,10-12,17-18,20-22H2,1-5H3,(H,33,37)/t23-,24+,25-,30-/m0/s1. The number of carbonyl (C=O) groups is 2. The molecule has 0 saturated heterocycles. The third-order valence-electron chi connectivity index (χ3n) is 7.44. The van der Waals surface area contributed by atoms with Crippen LogP contribution in [0.15, 0.2) is 48.5 Å². The molecule has 0 aliphatic carbocycles. The molecule has 2 amide bonds. The molecule has 0 aromatic heterocycles. The fraction of sp³-hybridized carbons (Fsp3) is 0.562. The Labute approximate surface area is 239 Å². The van der Waals surface area contributed by atoms with Gasteiger partial charge in [-0.25, -0.2) is 0 Å². The van der Waals surface area contributed by atoms with Crippen LogP contribution in [0.5, 0.6) is 5.75 Å². The van der Waals surface area contributed by atoms with E-state index in [4.69, 9.17) is 9.47 Å². The molecular weight excluding hydrogens is 506 g/mol. The minimum Gasteiger partial charge on any atom is -0.490 e. The highest BCUT2D eigenvalue weighted by atomic mass is 16.5. The third-order valence-corrected chi connectivity index (χ3v) is 7.44. The average Bonchev–Trinajstić information content (AvgIpc) is 2.95. The van der Waals surface area contributed by atoms with Crippen LogP contribution in [0.1, 0.15) is 74.1 Å². The monoisotopic (exact) mass is 553 g/mol. The zero-order chi connectivity index (χ0) is 29.1. The van der Waals surface area contributed by atoms with Crippen LogP contribution in [0.4, 0.5) is 5.69 Å². The normalized spacial score (nSPS) is 21.7. The Balaban J connectivity index is 1.96. The van der Waals surface area contributed by atoms with Gasteiger partial charge in [0.25, 0.3) is 11.8 Å². The summed E-state index contributed by atoms with van der Waals surface area (Å²) in [6.07, 6.45) is 3.62. The van der Waals surface area contributed by atoms with Gasteiger partial charge in [-0.15, -0.1) is 0 Å². The topological polar surface area (TPSA) is 91.3 Å². The largest absolute Gasteiger partial charge is 0.490 e. The fourth-order valence-corrected chi connectivity index (χ4v) is 5.04. The molecule has 0 unspecified atom stereocenters. The third kappa shape index (κ3) is 9.04. The molecular formula is C32H47N3O5. The van der Waals surface area contributed by atoms with Crippen LogP contribution in [0.2, 0.25) is 0 Å². The highest BCUT2D eigenvalue weighted by molar-refractivity contribution is 6.05. The van der Waals surface area contributed by atoms with Gasteiger partial charge >= 0.3 is 0 Å². The van der Waals surface area contributed by atoms with E-state index in [2.05, 4.69) is 31.1 Å². The predicted molar refractivity (Wildman–Crippen MR) is 159 cm³/mol. The highest BCUT2D eigenvalue weighted by Crippen LogP contribution is 2.28. The lowest BCUT2D eigenvalue weighted by Gasteiger charge is -2.35. The van der Waals surface area contributed by atoms with E-state index < -0.39 is 6.04 Å². The first kappa shape index (κ1) is 31.6. The van der Waals surface area contributed by atoms with E-state index in [-0.39, 0.29) is 36.5 Å². The van der Waals surface area contributed by atoms with Crippen molar-refractivity contribution in [2.45, 2.75) is 71.6 Å². The minimum absolute atomic E-state index is 0.0319.